The van der Waals surface area contributed by atoms with Crippen LogP contribution in [0, 0.1) is 10.1 Å². The summed E-state index contributed by atoms with van der Waals surface area (Å²) in [5.41, 5.74) is 2.58. The maximum absolute atomic E-state index is 11.8. The molecule has 22 heavy (non-hydrogen) atoms. The minimum absolute atomic E-state index is 0.362. The monoisotopic (exact) mass is 319 g/mol. The van der Waals surface area contributed by atoms with Gasteiger partial charge in [0, 0.05) is 22.2 Å². The average Bonchev–Trinajstić information content (AvgIpc) is 2.49. The van der Waals surface area contributed by atoms with Gasteiger partial charge in [0.2, 0.25) is 0 Å². The van der Waals surface area contributed by atoms with Gasteiger partial charge in [0.05, 0.1) is 11.1 Å². The molecule has 0 aliphatic heterocycles. The number of phenols is 1. The lowest BCUT2D eigenvalue weighted by atomic mass is 10.2. The number of hydrogen-bond donors (Lipinski definition) is 2. The Morgan fingerprint density at radius 3 is 2.59 bits per heavy atom. The molecule has 0 unspecified atom stereocenters. The van der Waals surface area contributed by atoms with Crippen LogP contribution in [0.3, 0.4) is 0 Å². The number of aromatic hydroxyl groups is 1. The molecule has 0 spiro atoms. The minimum Gasteiger partial charge on any atom is -0.502 e. The van der Waals surface area contributed by atoms with E-state index in [0.29, 0.717) is 16.1 Å². The van der Waals surface area contributed by atoms with E-state index in [4.69, 9.17) is 11.6 Å². The number of hydrazone groups is 1. The zero-order chi connectivity index (χ0) is 16.1. The molecule has 8 heteroatoms. The predicted molar refractivity (Wildman–Crippen MR) is 81.3 cm³/mol. The fourth-order valence-corrected chi connectivity index (χ4v) is 1.72. The van der Waals surface area contributed by atoms with Gasteiger partial charge in [-0.05, 0) is 36.4 Å². The first-order valence-corrected chi connectivity index (χ1v) is 6.41. The van der Waals surface area contributed by atoms with Crippen molar-refractivity contribution in [3.8, 4) is 5.75 Å². The first kappa shape index (κ1) is 15.5. The van der Waals surface area contributed by atoms with E-state index in [1.807, 2.05) is 0 Å². The number of carbonyl (C=O) groups is 1. The van der Waals surface area contributed by atoms with Crippen LogP contribution < -0.4 is 5.43 Å². The summed E-state index contributed by atoms with van der Waals surface area (Å²) in [5.74, 6) is -0.881. The van der Waals surface area contributed by atoms with Crippen molar-refractivity contribution >= 4 is 29.4 Å². The van der Waals surface area contributed by atoms with Gasteiger partial charge >= 0.3 is 5.69 Å². The Hall–Kier alpha value is -2.93. The Kier molecular flexibility index (Phi) is 4.70. The number of nitro groups is 1. The molecule has 2 aromatic carbocycles. The minimum atomic E-state index is -0.709. The zero-order valence-electron chi connectivity index (χ0n) is 11.1. The van der Waals surface area contributed by atoms with E-state index in [0.717, 1.165) is 6.07 Å². The van der Waals surface area contributed by atoms with Gasteiger partial charge in [0.25, 0.3) is 5.91 Å². The van der Waals surface area contributed by atoms with Crippen LogP contribution in [0.5, 0.6) is 5.75 Å². The summed E-state index contributed by atoms with van der Waals surface area (Å²) in [5, 5.41) is 24.2. The predicted octanol–water partition coefficient (Wildman–Crippen LogP) is 2.72. The Bertz CT molecular complexity index is 744. The van der Waals surface area contributed by atoms with Crippen LogP contribution in [0.4, 0.5) is 5.69 Å². The molecule has 0 aliphatic carbocycles. The summed E-state index contributed by atoms with van der Waals surface area (Å²) in [6.45, 7) is 0. The molecular weight excluding hydrogens is 310 g/mol. The molecule has 0 saturated heterocycles. The zero-order valence-corrected chi connectivity index (χ0v) is 11.8. The summed E-state index contributed by atoms with van der Waals surface area (Å²) < 4.78 is 0. The molecular formula is C14H10ClN3O4. The van der Waals surface area contributed by atoms with E-state index in [-0.39, 0.29) is 0 Å². The molecule has 2 aromatic rings. The quantitative estimate of drug-likeness (QED) is 0.513. The van der Waals surface area contributed by atoms with Crippen molar-refractivity contribution in [2.24, 2.45) is 5.10 Å². The second kappa shape index (κ2) is 6.68. The van der Waals surface area contributed by atoms with Crippen molar-refractivity contribution in [3.05, 3.63) is 68.7 Å². The number of carbonyl (C=O) groups excluding carboxylic acids is 1. The maximum atomic E-state index is 11.8. The van der Waals surface area contributed by atoms with Crippen LogP contribution in [-0.4, -0.2) is 22.2 Å². The Balaban J connectivity index is 2.06. The SMILES string of the molecule is O=C(NN=Cc1ccc(O)c([N+](=O)[O-])c1)c1ccc(Cl)cc1. The maximum Gasteiger partial charge on any atom is 0.311 e. The number of nitrogens with one attached hydrogen (secondary N) is 1. The molecule has 0 bridgehead atoms. The van der Waals surface area contributed by atoms with Gasteiger partial charge in [-0.15, -0.1) is 0 Å². The second-order valence-corrected chi connectivity index (χ2v) is 4.65. The van der Waals surface area contributed by atoms with Crippen molar-refractivity contribution < 1.29 is 14.8 Å². The van der Waals surface area contributed by atoms with Crippen LogP contribution in [0.25, 0.3) is 0 Å². The van der Waals surface area contributed by atoms with Crippen molar-refractivity contribution in [2.75, 3.05) is 0 Å². The number of halogens is 1. The molecule has 112 valence electrons. The van der Waals surface area contributed by atoms with E-state index < -0.39 is 22.3 Å². The van der Waals surface area contributed by atoms with Gasteiger partial charge < -0.3 is 5.11 Å². The molecule has 0 aliphatic rings. The summed E-state index contributed by atoms with van der Waals surface area (Å²) in [6, 6.07) is 9.98. The van der Waals surface area contributed by atoms with Crippen LogP contribution >= 0.6 is 11.6 Å². The molecule has 0 saturated carbocycles. The Labute approximate surface area is 130 Å². The van der Waals surface area contributed by atoms with Gasteiger partial charge in [-0.25, -0.2) is 5.43 Å². The molecule has 0 aromatic heterocycles. The highest BCUT2D eigenvalue weighted by atomic mass is 35.5. The van der Waals surface area contributed by atoms with Crippen LogP contribution in [0.2, 0.25) is 5.02 Å². The number of nitrogens with zero attached hydrogens (tertiary/aromatic N) is 2. The van der Waals surface area contributed by atoms with E-state index in [2.05, 4.69) is 10.5 Å². The number of rotatable bonds is 4. The molecule has 0 heterocycles. The fraction of sp³-hybridized carbons (Fsp3) is 0. The summed E-state index contributed by atoms with van der Waals surface area (Å²) in [6.07, 6.45) is 1.24. The molecule has 2 N–H and O–H groups in total. The topological polar surface area (TPSA) is 105 Å². The van der Waals surface area contributed by atoms with Gasteiger partial charge in [-0.3, -0.25) is 14.9 Å². The summed E-state index contributed by atoms with van der Waals surface area (Å²) in [7, 11) is 0. The van der Waals surface area contributed by atoms with E-state index >= 15 is 0 Å². The highest BCUT2D eigenvalue weighted by Crippen LogP contribution is 2.25. The lowest BCUT2D eigenvalue weighted by molar-refractivity contribution is -0.385. The van der Waals surface area contributed by atoms with Gasteiger partial charge in [0.1, 0.15) is 0 Å². The van der Waals surface area contributed by atoms with Crippen molar-refractivity contribution in [1.82, 2.24) is 5.43 Å². The standard InChI is InChI=1S/C14H10ClN3O4/c15-11-4-2-10(3-5-11)14(20)17-16-8-9-1-6-13(19)12(7-9)18(21)22/h1-8,19H,(H,17,20). The third-order valence-electron chi connectivity index (χ3n) is 2.68. The highest BCUT2D eigenvalue weighted by molar-refractivity contribution is 6.30. The average molecular weight is 320 g/mol. The number of amides is 1. The fourth-order valence-electron chi connectivity index (χ4n) is 1.60. The molecule has 0 radical (unpaired) electrons. The van der Waals surface area contributed by atoms with Crippen LogP contribution in [0.15, 0.2) is 47.6 Å². The Morgan fingerprint density at radius 1 is 1.27 bits per heavy atom. The third-order valence-corrected chi connectivity index (χ3v) is 2.93. The van der Waals surface area contributed by atoms with Crippen molar-refractivity contribution in [1.29, 1.82) is 0 Å². The van der Waals surface area contributed by atoms with E-state index in [1.165, 1.54) is 18.3 Å². The first-order valence-electron chi connectivity index (χ1n) is 6.04. The van der Waals surface area contributed by atoms with Crippen LogP contribution in [0.1, 0.15) is 15.9 Å². The van der Waals surface area contributed by atoms with Gasteiger partial charge in [-0.2, -0.15) is 5.10 Å². The lowest BCUT2D eigenvalue weighted by Crippen LogP contribution is -2.17. The summed E-state index contributed by atoms with van der Waals surface area (Å²) >= 11 is 5.72. The highest BCUT2D eigenvalue weighted by Gasteiger charge is 2.12. The number of phenolic OH excluding ortho intramolecular Hbond substituents is 1. The Morgan fingerprint density at radius 2 is 1.95 bits per heavy atom. The second-order valence-electron chi connectivity index (χ2n) is 4.21. The molecule has 0 atom stereocenters. The van der Waals surface area contributed by atoms with E-state index in [1.54, 1.807) is 24.3 Å². The summed E-state index contributed by atoms with van der Waals surface area (Å²) in [4.78, 5) is 21.7. The molecule has 2 rings (SSSR count). The van der Waals surface area contributed by atoms with Gasteiger partial charge in [-0.1, -0.05) is 11.6 Å². The van der Waals surface area contributed by atoms with Crippen molar-refractivity contribution in [2.45, 2.75) is 0 Å². The lowest BCUT2D eigenvalue weighted by Gasteiger charge is -2.00. The normalized spacial score (nSPS) is 10.6. The molecule has 0 fully saturated rings. The third kappa shape index (κ3) is 3.80. The molecule has 1 amide bonds. The number of hydrogen-bond acceptors (Lipinski definition) is 5. The first-order chi connectivity index (χ1) is 10.5. The smallest absolute Gasteiger partial charge is 0.311 e. The van der Waals surface area contributed by atoms with E-state index in [9.17, 15) is 20.0 Å². The van der Waals surface area contributed by atoms with Crippen molar-refractivity contribution in [3.63, 3.8) is 0 Å². The number of benzene rings is 2. The number of nitro benzene ring substituents is 1. The van der Waals surface area contributed by atoms with Crippen LogP contribution in [-0.2, 0) is 0 Å². The van der Waals surface area contributed by atoms with Gasteiger partial charge in [0.15, 0.2) is 5.75 Å². The largest absolute Gasteiger partial charge is 0.502 e. The molecule has 7 nitrogen and oxygen atoms in total.